The third-order valence-electron chi connectivity index (χ3n) is 3.11. The largest absolute Gasteiger partial charge is 0.478 e. The summed E-state index contributed by atoms with van der Waals surface area (Å²) in [5.74, 6) is -0.469. The Labute approximate surface area is 128 Å². The Kier molecular flexibility index (Phi) is 4.81. The molecule has 1 heterocycles. The lowest BCUT2D eigenvalue weighted by Gasteiger charge is -2.12. The number of halogens is 1. The van der Waals surface area contributed by atoms with Gasteiger partial charge in [0.15, 0.2) is 0 Å². The minimum absolute atomic E-state index is 0.223. The number of pyridine rings is 1. The number of benzene rings is 1. The number of aromatic nitrogens is 1. The van der Waals surface area contributed by atoms with Crippen molar-refractivity contribution in [2.75, 3.05) is 5.32 Å². The van der Waals surface area contributed by atoms with E-state index in [0.717, 1.165) is 29.8 Å². The summed E-state index contributed by atoms with van der Waals surface area (Å²) in [4.78, 5) is 15.7. The van der Waals surface area contributed by atoms with E-state index in [4.69, 9.17) is 11.6 Å². The Hall–Kier alpha value is -2.07. The van der Waals surface area contributed by atoms with Gasteiger partial charge in [-0.2, -0.15) is 0 Å². The van der Waals surface area contributed by atoms with Crippen LogP contribution >= 0.6 is 11.6 Å². The van der Waals surface area contributed by atoms with Gasteiger partial charge in [-0.3, -0.25) is 0 Å². The van der Waals surface area contributed by atoms with Gasteiger partial charge in [-0.05, 0) is 37.1 Å². The summed E-state index contributed by atoms with van der Waals surface area (Å²) in [5, 5.41) is 12.9. The monoisotopic (exact) mass is 304 g/mol. The zero-order valence-electron chi connectivity index (χ0n) is 12.0. The van der Waals surface area contributed by atoms with Crippen LogP contribution in [0, 0.1) is 6.92 Å². The highest BCUT2D eigenvalue weighted by Gasteiger charge is 2.10. The van der Waals surface area contributed by atoms with Crippen molar-refractivity contribution in [1.29, 1.82) is 0 Å². The zero-order valence-corrected chi connectivity index (χ0v) is 12.7. The number of carboxylic acid groups (broad SMARTS) is 1. The summed E-state index contributed by atoms with van der Waals surface area (Å²) >= 11 is 6.18. The number of aryl methyl sites for hydroxylation is 2. The van der Waals surface area contributed by atoms with Crippen molar-refractivity contribution in [3.8, 4) is 0 Å². The topological polar surface area (TPSA) is 62.2 Å². The summed E-state index contributed by atoms with van der Waals surface area (Å²) in [6, 6.07) is 8.71. The first kappa shape index (κ1) is 15.3. The molecule has 1 aromatic carbocycles. The van der Waals surface area contributed by atoms with Gasteiger partial charge >= 0.3 is 5.97 Å². The maximum absolute atomic E-state index is 11.2. The minimum atomic E-state index is -0.964. The third kappa shape index (κ3) is 3.73. The van der Waals surface area contributed by atoms with Crippen molar-refractivity contribution >= 4 is 29.1 Å². The molecule has 2 rings (SSSR count). The maximum atomic E-state index is 11.2. The molecule has 0 amide bonds. The lowest BCUT2D eigenvalue weighted by molar-refractivity contribution is 0.0696. The van der Waals surface area contributed by atoms with Crippen LogP contribution in [0.1, 0.15) is 35.0 Å². The van der Waals surface area contributed by atoms with Crippen LogP contribution in [0.15, 0.2) is 30.3 Å². The van der Waals surface area contributed by atoms with E-state index in [9.17, 15) is 9.90 Å². The van der Waals surface area contributed by atoms with Gasteiger partial charge in [-0.15, -0.1) is 0 Å². The predicted octanol–water partition coefficient (Wildman–Crippen LogP) is 4.44. The number of hydrogen-bond acceptors (Lipinski definition) is 3. The van der Waals surface area contributed by atoms with Gasteiger partial charge in [-0.1, -0.05) is 37.1 Å². The molecule has 2 N–H and O–H groups in total. The summed E-state index contributed by atoms with van der Waals surface area (Å²) in [6.45, 7) is 3.96. The quantitative estimate of drug-likeness (QED) is 0.857. The highest BCUT2D eigenvalue weighted by atomic mass is 35.5. The lowest BCUT2D eigenvalue weighted by Crippen LogP contribution is -2.04. The highest BCUT2D eigenvalue weighted by Crippen LogP contribution is 2.28. The first-order valence-corrected chi connectivity index (χ1v) is 7.15. The van der Waals surface area contributed by atoms with Crippen molar-refractivity contribution in [2.45, 2.75) is 26.7 Å². The van der Waals surface area contributed by atoms with Crippen LogP contribution in [0.4, 0.5) is 11.5 Å². The van der Waals surface area contributed by atoms with Gasteiger partial charge in [0.25, 0.3) is 0 Å². The fourth-order valence-electron chi connectivity index (χ4n) is 2.08. The normalized spacial score (nSPS) is 10.4. The van der Waals surface area contributed by atoms with E-state index < -0.39 is 5.97 Å². The first-order chi connectivity index (χ1) is 10.0. The number of nitrogens with one attached hydrogen (secondary N) is 1. The molecule has 0 aliphatic carbocycles. The van der Waals surface area contributed by atoms with E-state index in [-0.39, 0.29) is 5.56 Å². The molecule has 0 bridgehead atoms. The second-order valence-corrected chi connectivity index (χ2v) is 5.25. The smallest absolute Gasteiger partial charge is 0.335 e. The van der Waals surface area contributed by atoms with Gasteiger partial charge in [0, 0.05) is 5.69 Å². The molecule has 0 aliphatic rings. The molecule has 0 aliphatic heterocycles. The lowest BCUT2D eigenvalue weighted by atomic mass is 10.1. The molecule has 5 heteroatoms. The van der Waals surface area contributed by atoms with Gasteiger partial charge in [-0.25, -0.2) is 9.78 Å². The number of carbonyl (C=O) groups is 1. The molecule has 0 spiro atoms. The molecular formula is C16H17ClN2O2. The average Bonchev–Trinajstić information content (AvgIpc) is 2.43. The molecule has 0 saturated carbocycles. The van der Waals surface area contributed by atoms with Gasteiger partial charge in [0.2, 0.25) is 0 Å². The second-order valence-electron chi connectivity index (χ2n) is 4.84. The Morgan fingerprint density at radius 3 is 2.76 bits per heavy atom. The first-order valence-electron chi connectivity index (χ1n) is 6.77. The summed E-state index contributed by atoms with van der Waals surface area (Å²) in [5.41, 5.74) is 2.70. The standard InChI is InChI=1S/C16H17ClN2O2/c1-3-5-12-8-11(16(20)21)9-14(18-12)19-15-10(2)6-4-7-13(15)17/h4,6-9H,3,5H2,1-2H3,(H,18,19)(H,20,21). The third-order valence-corrected chi connectivity index (χ3v) is 3.42. The van der Waals surface area contributed by atoms with Gasteiger partial charge < -0.3 is 10.4 Å². The molecule has 0 saturated heterocycles. The zero-order chi connectivity index (χ0) is 15.4. The van der Waals surface area contributed by atoms with Crippen molar-refractivity contribution in [2.24, 2.45) is 0 Å². The van der Waals surface area contributed by atoms with Crippen LogP contribution in [-0.2, 0) is 6.42 Å². The number of carboxylic acids is 1. The summed E-state index contributed by atoms with van der Waals surface area (Å²) < 4.78 is 0. The Balaban J connectivity index is 2.41. The van der Waals surface area contributed by atoms with Crippen molar-refractivity contribution in [1.82, 2.24) is 4.98 Å². The van der Waals surface area contributed by atoms with E-state index >= 15 is 0 Å². The molecule has 1 aromatic heterocycles. The summed E-state index contributed by atoms with van der Waals surface area (Å²) in [6.07, 6.45) is 1.64. The fourth-order valence-corrected chi connectivity index (χ4v) is 2.35. The fraction of sp³-hybridized carbons (Fsp3) is 0.250. The van der Waals surface area contributed by atoms with Gasteiger partial charge in [0.05, 0.1) is 16.3 Å². The van der Waals surface area contributed by atoms with E-state index in [2.05, 4.69) is 10.3 Å². The van der Waals surface area contributed by atoms with Crippen molar-refractivity contribution in [3.05, 3.63) is 52.2 Å². The number of rotatable bonds is 5. The van der Waals surface area contributed by atoms with Crippen LogP contribution in [0.2, 0.25) is 5.02 Å². The Morgan fingerprint density at radius 2 is 2.14 bits per heavy atom. The Bertz CT molecular complexity index is 651. The molecule has 4 nitrogen and oxygen atoms in total. The molecule has 0 fully saturated rings. The number of nitrogens with zero attached hydrogens (tertiary/aromatic N) is 1. The molecular weight excluding hydrogens is 288 g/mol. The summed E-state index contributed by atoms with van der Waals surface area (Å²) in [7, 11) is 0. The van der Waals surface area contributed by atoms with Crippen LogP contribution in [0.5, 0.6) is 0 Å². The SMILES string of the molecule is CCCc1cc(C(=O)O)cc(Nc2c(C)cccc2Cl)n1. The average molecular weight is 305 g/mol. The van der Waals surface area contributed by atoms with E-state index in [1.807, 2.05) is 26.0 Å². The predicted molar refractivity (Wildman–Crippen MR) is 84.7 cm³/mol. The van der Waals surface area contributed by atoms with E-state index in [1.54, 1.807) is 12.1 Å². The van der Waals surface area contributed by atoms with Crippen molar-refractivity contribution in [3.63, 3.8) is 0 Å². The van der Waals surface area contributed by atoms with Crippen LogP contribution < -0.4 is 5.32 Å². The molecule has 2 aromatic rings. The van der Waals surface area contributed by atoms with Gasteiger partial charge in [0.1, 0.15) is 5.82 Å². The number of aromatic carboxylic acids is 1. The molecule has 0 radical (unpaired) electrons. The Morgan fingerprint density at radius 1 is 1.38 bits per heavy atom. The van der Waals surface area contributed by atoms with E-state index in [1.165, 1.54) is 6.07 Å². The van der Waals surface area contributed by atoms with E-state index in [0.29, 0.717) is 10.8 Å². The number of para-hydroxylation sites is 1. The number of anilines is 2. The van der Waals surface area contributed by atoms with Crippen LogP contribution in [0.25, 0.3) is 0 Å². The maximum Gasteiger partial charge on any atom is 0.335 e. The molecule has 110 valence electrons. The second kappa shape index (κ2) is 6.59. The molecule has 21 heavy (non-hydrogen) atoms. The highest BCUT2D eigenvalue weighted by molar-refractivity contribution is 6.33. The number of hydrogen-bond donors (Lipinski definition) is 2. The van der Waals surface area contributed by atoms with Crippen LogP contribution in [0.3, 0.4) is 0 Å². The minimum Gasteiger partial charge on any atom is -0.478 e. The molecule has 0 unspecified atom stereocenters. The molecule has 0 atom stereocenters. The van der Waals surface area contributed by atoms with Crippen molar-refractivity contribution < 1.29 is 9.90 Å². The van der Waals surface area contributed by atoms with Crippen LogP contribution in [-0.4, -0.2) is 16.1 Å².